The lowest BCUT2D eigenvalue weighted by Crippen LogP contribution is -2.31. The second-order valence-corrected chi connectivity index (χ2v) is 2.71. The molecule has 0 saturated heterocycles. The van der Waals surface area contributed by atoms with Gasteiger partial charge in [0.05, 0.1) is 19.6 Å². The minimum atomic E-state index is -0.632. The van der Waals surface area contributed by atoms with Gasteiger partial charge in [0.15, 0.2) is 0 Å². The molecule has 0 aromatic carbocycles. The Morgan fingerprint density at radius 1 is 1.57 bits per heavy atom. The molecular formula is C9H14N2O3. The van der Waals surface area contributed by atoms with Crippen LogP contribution in [0.2, 0.25) is 0 Å². The first-order valence-corrected chi connectivity index (χ1v) is 4.39. The zero-order valence-corrected chi connectivity index (χ0v) is 8.37. The van der Waals surface area contributed by atoms with Crippen LogP contribution in [0, 0.1) is 17.2 Å². The molecule has 0 aliphatic heterocycles. The van der Waals surface area contributed by atoms with E-state index in [4.69, 9.17) is 5.26 Å². The number of nitrogens with one attached hydrogen (secondary N) is 1. The Bertz CT molecular complexity index is 245. The summed E-state index contributed by atoms with van der Waals surface area (Å²) in [5, 5.41) is 11.0. The van der Waals surface area contributed by atoms with Gasteiger partial charge in [-0.2, -0.15) is 5.26 Å². The minimum absolute atomic E-state index is 0.129. The molecule has 0 bridgehead atoms. The fraction of sp³-hybridized carbons (Fsp3) is 0.667. The smallest absolute Gasteiger partial charge is 0.307 e. The van der Waals surface area contributed by atoms with Crippen molar-refractivity contribution in [1.29, 1.82) is 5.26 Å². The van der Waals surface area contributed by atoms with E-state index in [1.807, 2.05) is 6.07 Å². The summed E-state index contributed by atoms with van der Waals surface area (Å²) in [6.45, 7) is 1.97. The van der Waals surface area contributed by atoms with Crippen LogP contribution in [-0.4, -0.2) is 25.5 Å². The van der Waals surface area contributed by atoms with Gasteiger partial charge in [0.25, 0.3) is 0 Å². The van der Waals surface area contributed by atoms with Crippen molar-refractivity contribution < 1.29 is 14.3 Å². The summed E-state index contributed by atoms with van der Waals surface area (Å²) in [5.74, 6) is -1.35. The Kier molecular flexibility index (Phi) is 6.12. The van der Waals surface area contributed by atoms with Crippen molar-refractivity contribution in [1.82, 2.24) is 5.32 Å². The van der Waals surface area contributed by atoms with Gasteiger partial charge in [-0.05, 0) is 6.42 Å². The summed E-state index contributed by atoms with van der Waals surface area (Å²) in [7, 11) is 1.29. The quantitative estimate of drug-likeness (QED) is 0.641. The number of methoxy groups -OCH3 is 1. The number of amides is 1. The number of nitrogens with zero attached hydrogens (tertiary/aromatic N) is 1. The molecule has 0 aromatic heterocycles. The van der Waals surface area contributed by atoms with Gasteiger partial charge in [0.2, 0.25) is 5.91 Å². The largest absolute Gasteiger partial charge is 0.469 e. The summed E-state index contributed by atoms with van der Waals surface area (Å²) in [4.78, 5) is 21.9. The van der Waals surface area contributed by atoms with Crippen LogP contribution in [0.25, 0.3) is 0 Å². The number of nitriles is 1. The van der Waals surface area contributed by atoms with E-state index in [2.05, 4.69) is 10.1 Å². The molecule has 1 amide bonds. The van der Waals surface area contributed by atoms with E-state index in [9.17, 15) is 9.59 Å². The summed E-state index contributed by atoms with van der Waals surface area (Å²) in [5.41, 5.74) is 0. The third-order valence-corrected chi connectivity index (χ3v) is 1.74. The van der Waals surface area contributed by atoms with Crippen LogP contribution < -0.4 is 5.32 Å². The Labute approximate surface area is 83.0 Å². The average Bonchev–Trinajstić information content (AvgIpc) is 2.19. The van der Waals surface area contributed by atoms with E-state index in [0.29, 0.717) is 6.42 Å². The molecule has 0 rings (SSSR count). The van der Waals surface area contributed by atoms with Crippen LogP contribution in [0.5, 0.6) is 0 Å². The van der Waals surface area contributed by atoms with Crippen molar-refractivity contribution >= 4 is 11.9 Å². The first kappa shape index (κ1) is 12.4. The van der Waals surface area contributed by atoms with E-state index in [1.165, 1.54) is 7.11 Å². The molecule has 0 spiro atoms. The highest BCUT2D eigenvalue weighted by Crippen LogP contribution is 1.99. The molecule has 5 nitrogen and oxygen atoms in total. The van der Waals surface area contributed by atoms with Gasteiger partial charge in [-0.25, -0.2) is 0 Å². The second-order valence-electron chi connectivity index (χ2n) is 2.71. The van der Waals surface area contributed by atoms with E-state index in [1.54, 1.807) is 6.92 Å². The van der Waals surface area contributed by atoms with Gasteiger partial charge in [0, 0.05) is 6.54 Å². The number of ether oxygens (including phenoxy) is 1. The topological polar surface area (TPSA) is 79.2 Å². The lowest BCUT2D eigenvalue weighted by atomic mass is 10.1. The summed E-state index contributed by atoms with van der Waals surface area (Å²) in [6.07, 6.45) is 0.602. The number of carbonyl (C=O) groups is 2. The van der Waals surface area contributed by atoms with Crippen molar-refractivity contribution in [3.8, 4) is 6.07 Å². The SMILES string of the molecule is CCC(C#N)C(=O)NCCC(=O)OC. The second kappa shape index (κ2) is 6.89. The highest BCUT2D eigenvalue weighted by atomic mass is 16.5. The van der Waals surface area contributed by atoms with Crippen LogP contribution in [0.4, 0.5) is 0 Å². The van der Waals surface area contributed by atoms with Crippen LogP contribution in [0.15, 0.2) is 0 Å². The molecule has 0 aliphatic carbocycles. The molecule has 5 heteroatoms. The highest BCUT2D eigenvalue weighted by Gasteiger charge is 2.14. The molecule has 0 aromatic rings. The molecule has 1 unspecified atom stereocenters. The monoisotopic (exact) mass is 198 g/mol. The first-order valence-electron chi connectivity index (χ1n) is 4.39. The third kappa shape index (κ3) is 4.45. The maximum Gasteiger partial charge on any atom is 0.307 e. The molecule has 1 atom stereocenters. The van der Waals surface area contributed by atoms with Crippen molar-refractivity contribution in [3.63, 3.8) is 0 Å². The lowest BCUT2D eigenvalue weighted by molar-refractivity contribution is -0.140. The maximum atomic E-state index is 11.2. The molecule has 1 N–H and O–H groups in total. The predicted molar refractivity (Wildman–Crippen MR) is 49.0 cm³/mol. The van der Waals surface area contributed by atoms with Crippen molar-refractivity contribution in [2.75, 3.05) is 13.7 Å². The first-order chi connectivity index (χ1) is 6.65. The Morgan fingerprint density at radius 3 is 2.64 bits per heavy atom. The van der Waals surface area contributed by atoms with Gasteiger partial charge in [-0.3, -0.25) is 9.59 Å². The normalized spacial score (nSPS) is 11.2. The molecular weight excluding hydrogens is 184 g/mol. The van der Waals surface area contributed by atoms with Crippen LogP contribution in [0.1, 0.15) is 19.8 Å². The summed E-state index contributed by atoms with van der Waals surface area (Å²) in [6, 6.07) is 1.88. The van der Waals surface area contributed by atoms with E-state index < -0.39 is 5.92 Å². The number of esters is 1. The fourth-order valence-corrected chi connectivity index (χ4v) is 0.848. The number of hydrogen-bond donors (Lipinski definition) is 1. The highest BCUT2D eigenvalue weighted by molar-refractivity contribution is 5.81. The van der Waals surface area contributed by atoms with Crippen LogP contribution in [0.3, 0.4) is 0 Å². The molecule has 0 radical (unpaired) electrons. The molecule has 0 fully saturated rings. The zero-order chi connectivity index (χ0) is 11.0. The van der Waals surface area contributed by atoms with E-state index >= 15 is 0 Å². The Balaban J connectivity index is 3.75. The summed E-state index contributed by atoms with van der Waals surface area (Å²) >= 11 is 0. The van der Waals surface area contributed by atoms with Gasteiger partial charge in [-0.1, -0.05) is 6.92 Å². The van der Waals surface area contributed by atoms with Crippen molar-refractivity contribution in [2.24, 2.45) is 5.92 Å². The minimum Gasteiger partial charge on any atom is -0.469 e. The predicted octanol–water partition coefficient (Wildman–Crippen LogP) is 0.215. The van der Waals surface area contributed by atoms with Crippen molar-refractivity contribution in [3.05, 3.63) is 0 Å². The molecule has 14 heavy (non-hydrogen) atoms. The number of rotatable bonds is 5. The average molecular weight is 198 g/mol. The number of carbonyl (C=O) groups excluding carboxylic acids is 2. The Hall–Kier alpha value is -1.57. The molecule has 78 valence electrons. The Morgan fingerprint density at radius 2 is 2.21 bits per heavy atom. The van der Waals surface area contributed by atoms with Gasteiger partial charge >= 0.3 is 5.97 Å². The molecule has 0 saturated carbocycles. The molecule has 0 aliphatic rings. The van der Waals surface area contributed by atoms with E-state index in [-0.39, 0.29) is 24.8 Å². The number of hydrogen-bond acceptors (Lipinski definition) is 4. The lowest BCUT2D eigenvalue weighted by Gasteiger charge is -2.06. The standard InChI is InChI=1S/C9H14N2O3/c1-3-7(6-10)9(13)11-5-4-8(12)14-2/h7H,3-5H2,1-2H3,(H,11,13). The molecule has 0 heterocycles. The fourth-order valence-electron chi connectivity index (χ4n) is 0.848. The van der Waals surface area contributed by atoms with Crippen LogP contribution in [-0.2, 0) is 14.3 Å². The maximum absolute atomic E-state index is 11.2. The summed E-state index contributed by atoms with van der Waals surface area (Å²) < 4.78 is 4.39. The van der Waals surface area contributed by atoms with Gasteiger partial charge in [0.1, 0.15) is 5.92 Å². The van der Waals surface area contributed by atoms with Crippen LogP contribution >= 0.6 is 0 Å². The van der Waals surface area contributed by atoms with Crippen molar-refractivity contribution in [2.45, 2.75) is 19.8 Å². The zero-order valence-electron chi connectivity index (χ0n) is 8.37. The third-order valence-electron chi connectivity index (χ3n) is 1.74. The van der Waals surface area contributed by atoms with Gasteiger partial charge in [-0.15, -0.1) is 0 Å². The van der Waals surface area contributed by atoms with Gasteiger partial charge < -0.3 is 10.1 Å². The van der Waals surface area contributed by atoms with E-state index in [0.717, 1.165) is 0 Å².